The largest absolute Gasteiger partial charge is 0.402 e. The highest BCUT2D eigenvalue weighted by molar-refractivity contribution is 6.33. The van der Waals surface area contributed by atoms with Crippen molar-refractivity contribution in [2.45, 2.75) is 46.8 Å². The van der Waals surface area contributed by atoms with E-state index in [1.54, 1.807) is 18.2 Å². The van der Waals surface area contributed by atoms with Crippen LogP contribution in [-0.4, -0.2) is 39.0 Å². The number of aromatic nitrogens is 3. The molecule has 3 aromatic rings. The van der Waals surface area contributed by atoms with Gasteiger partial charge in [-0.2, -0.15) is 18.2 Å². The van der Waals surface area contributed by atoms with Crippen LogP contribution in [0.2, 0.25) is 5.02 Å². The average molecular weight is 521 g/mol. The van der Waals surface area contributed by atoms with Crippen molar-refractivity contribution in [3.63, 3.8) is 0 Å². The maximum Gasteiger partial charge on any atom is 0.402 e. The van der Waals surface area contributed by atoms with Gasteiger partial charge in [-0.3, -0.25) is 9.78 Å². The molecule has 0 aliphatic rings. The first kappa shape index (κ1) is 27.4. The summed E-state index contributed by atoms with van der Waals surface area (Å²) in [5, 5.41) is 0.274. The number of alkyl halides is 3. The van der Waals surface area contributed by atoms with Gasteiger partial charge < -0.3 is 4.90 Å². The second kappa shape index (κ2) is 10.4. The lowest BCUT2D eigenvalue weighted by atomic mass is 9.90. The molecule has 1 N–H and O–H groups in total. The van der Waals surface area contributed by atoms with Gasteiger partial charge in [-0.25, -0.2) is 9.78 Å². The van der Waals surface area contributed by atoms with Crippen molar-refractivity contribution < 1.29 is 18.0 Å². The first-order chi connectivity index (χ1) is 16.7. The number of carbonyl (C=O) groups excluding carboxylic acids is 1. The van der Waals surface area contributed by atoms with Crippen molar-refractivity contribution in [2.75, 3.05) is 7.05 Å². The van der Waals surface area contributed by atoms with Gasteiger partial charge in [0.15, 0.2) is 5.82 Å². The second-order valence-electron chi connectivity index (χ2n) is 9.72. The number of nitrogens with zero attached hydrogens (tertiary/aromatic N) is 3. The number of rotatable bonds is 7. The van der Waals surface area contributed by atoms with Gasteiger partial charge in [0.1, 0.15) is 11.2 Å². The number of aromatic amines is 1. The lowest BCUT2D eigenvalue weighted by Gasteiger charge is -2.31. The highest BCUT2D eigenvalue weighted by Gasteiger charge is 2.53. The topological polar surface area (TPSA) is 79.0 Å². The average Bonchev–Trinajstić information content (AvgIpc) is 2.78. The van der Waals surface area contributed by atoms with Crippen molar-refractivity contribution in [2.24, 2.45) is 11.3 Å². The summed E-state index contributed by atoms with van der Waals surface area (Å²) in [6.45, 7) is 5.86. The van der Waals surface area contributed by atoms with Crippen LogP contribution >= 0.6 is 11.6 Å². The van der Waals surface area contributed by atoms with Gasteiger partial charge in [0.2, 0.25) is 5.91 Å². The van der Waals surface area contributed by atoms with E-state index in [9.17, 15) is 22.8 Å². The monoisotopic (exact) mass is 520 g/mol. The lowest BCUT2D eigenvalue weighted by Crippen LogP contribution is -2.47. The second-order valence-corrected chi connectivity index (χ2v) is 10.1. The number of hydrogen-bond donors (Lipinski definition) is 1. The molecule has 192 valence electrons. The first-order valence-corrected chi connectivity index (χ1v) is 11.8. The van der Waals surface area contributed by atoms with Gasteiger partial charge >= 0.3 is 11.9 Å². The number of halogens is 4. The fraction of sp³-hybridized carbons (Fsp3) is 0.385. The minimum Gasteiger partial charge on any atom is -0.341 e. The molecule has 0 atom stereocenters. The van der Waals surface area contributed by atoms with E-state index in [0.29, 0.717) is 22.6 Å². The molecule has 0 spiro atoms. The quantitative estimate of drug-likeness (QED) is 0.421. The Balaban J connectivity index is 1.92. The molecule has 2 aromatic carbocycles. The third-order valence-electron chi connectivity index (χ3n) is 5.80. The summed E-state index contributed by atoms with van der Waals surface area (Å²) in [6, 6.07) is 12.3. The van der Waals surface area contributed by atoms with Crippen LogP contribution in [-0.2, 0) is 17.8 Å². The fourth-order valence-electron chi connectivity index (χ4n) is 3.70. The van der Waals surface area contributed by atoms with Crippen molar-refractivity contribution >= 4 is 17.5 Å². The number of amides is 1. The van der Waals surface area contributed by atoms with E-state index >= 15 is 0 Å². The normalized spacial score (nSPS) is 12.2. The summed E-state index contributed by atoms with van der Waals surface area (Å²) in [4.78, 5) is 36.8. The maximum atomic E-state index is 13.3. The predicted molar refractivity (Wildman–Crippen MR) is 133 cm³/mol. The Kier molecular flexibility index (Phi) is 7.93. The minimum absolute atomic E-state index is 0.0952. The van der Waals surface area contributed by atoms with E-state index in [1.807, 2.05) is 24.3 Å². The van der Waals surface area contributed by atoms with Crippen LogP contribution in [0.15, 0.2) is 47.3 Å². The van der Waals surface area contributed by atoms with Crippen molar-refractivity contribution in [1.29, 1.82) is 0 Å². The number of nitrogens with one attached hydrogen (secondary N) is 1. The van der Waals surface area contributed by atoms with E-state index in [2.05, 4.69) is 28.8 Å². The van der Waals surface area contributed by atoms with Gasteiger partial charge in [0.05, 0.1) is 5.02 Å². The molecular formula is C26H28ClF3N4O2. The van der Waals surface area contributed by atoms with E-state index in [-0.39, 0.29) is 23.2 Å². The predicted octanol–water partition coefficient (Wildman–Crippen LogP) is 5.90. The van der Waals surface area contributed by atoms with Crippen molar-refractivity contribution in [3.8, 4) is 22.8 Å². The van der Waals surface area contributed by atoms with E-state index in [0.717, 1.165) is 30.7 Å². The van der Waals surface area contributed by atoms with Gasteiger partial charge in [-0.15, -0.1) is 0 Å². The Morgan fingerprint density at radius 3 is 2.25 bits per heavy atom. The Labute approximate surface area is 212 Å². The smallest absolute Gasteiger partial charge is 0.341 e. The molecule has 0 saturated carbocycles. The van der Waals surface area contributed by atoms with Crippen LogP contribution < -0.4 is 5.69 Å². The molecule has 0 radical (unpaired) electrons. The summed E-state index contributed by atoms with van der Waals surface area (Å²) in [5.74, 6) is -0.190. The van der Waals surface area contributed by atoms with E-state index < -0.39 is 23.2 Å². The van der Waals surface area contributed by atoms with Gasteiger partial charge in [-0.1, -0.05) is 55.8 Å². The summed E-state index contributed by atoms with van der Waals surface area (Å²) >= 11 is 6.37. The number of H-pyrrole nitrogens is 1. The van der Waals surface area contributed by atoms with Crippen molar-refractivity contribution in [1.82, 2.24) is 19.9 Å². The molecule has 1 heterocycles. The number of benzene rings is 2. The molecule has 0 bridgehead atoms. The number of carbonyl (C=O) groups is 1. The maximum absolute atomic E-state index is 13.3. The summed E-state index contributed by atoms with van der Waals surface area (Å²) < 4.78 is 39.9. The van der Waals surface area contributed by atoms with Gasteiger partial charge in [-0.05, 0) is 49.4 Å². The molecular weight excluding hydrogens is 493 g/mol. The molecule has 0 aliphatic heterocycles. The SMILES string of the molecule is CC(C)Cc1ccc(-c2nc(-c3cc(CN(C)C(=O)C(C)(C)C(F)(F)F)ccc3Cl)[nH]c(=O)n2)cc1. The molecule has 10 heteroatoms. The highest BCUT2D eigenvalue weighted by atomic mass is 35.5. The molecule has 6 nitrogen and oxygen atoms in total. The zero-order valence-electron chi connectivity index (χ0n) is 20.7. The molecule has 0 fully saturated rings. The molecule has 0 unspecified atom stereocenters. The Hall–Kier alpha value is -3.20. The molecule has 0 aliphatic carbocycles. The van der Waals surface area contributed by atoms with E-state index in [4.69, 9.17) is 11.6 Å². The minimum atomic E-state index is -4.69. The van der Waals surface area contributed by atoms with Gasteiger partial charge in [0.25, 0.3) is 0 Å². The van der Waals surface area contributed by atoms with Crippen LogP contribution in [0.25, 0.3) is 22.8 Å². The summed E-state index contributed by atoms with van der Waals surface area (Å²) in [7, 11) is 1.30. The van der Waals surface area contributed by atoms with Crippen LogP contribution in [0.4, 0.5) is 13.2 Å². The number of hydrogen-bond acceptors (Lipinski definition) is 4. The Bertz CT molecular complexity index is 1300. The third-order valence-corrected chi connectivity index (χ3v) is 6.13. The highest BCUT2D eigenvalue weighted by Crippen LogP contribution is 2.39. The summed E-state index contributed by atoms with van der Waals surface area (Å²) in [5.41, 5.74) is -0.468. The van der Waals surface area contributed by atoms with Crippen LogP contribution in [0, 0.1) is 11.3 Å². The van der Waals surface area contributed by atoms with Crippen LogP contribution in [0.1, 0.15) is 38.8 Å². The Morgan fingerprint density at radius 1 is 1.06 bits per heavy atom. The molecule has 0 saturated heterocycles. The molecule has 3 rings (SSSR count). The summed E-state index contributed by atoms with van der Waals surface area (Å²) in [6.07, 6.45) is -3.77. The molecule has 1 aromatic heterocycles. The Morgan fingerprint density at radius 2 is 1.67 bits per heavy atom. The van der Waals surface area contributed by atoms with E-state index in [1.165, 1.54) is 7.05 Å². The van der Waals surface area contributed by atoms with Gasteiger partial charge in [0, 0.05) is 24.7 Å². The molecule has 36 heavy (non-hydrogen) atoms. The standard InChI is InChI=1S/C26H28ClF3N4O2/c1-15(2)12-16-6-9-18(10-7-16)21-31-22(33-24(36)32-21)19-13-17(8-11-20(19)27)14-34(5)23(35)25(3,4)26(28,29)30/h6-11,13,15H,12,14H2,1-5H3,(H,31,32,33,36). The third kappa shape index (κ3) is 6.13. The van der Waals surface area contributed by atoms with Crippen molar-refractivity contribution in [3.05, 3.63) is 69.1 Å². The fourth-order valence-corrected chi connectivity index (χ4v) is 3.91. The van der Waals surface area contributed by atoms with Crippen LogP contribution in [0.3, 0.4) is 0 Å². The van der Waals surface area contributed by atoms with Crippen LogP contribution in [0.5, 0.6) is 0 Å². The molecule has 1 amide bonds. The zero-order valence-corrected chi connectivity index (χ0v) is 21.5. The zero-order chi connectivity index (χ0) is 26.8. The first-order valence-electron chi connectivity index (χ1n) is 11.4. The lowest BCUT2D eigenvalue weighted by molar-refractivity contribution is -0.216.